The van der Waals surface area contributed by atoms with Gasteiger partial charge in [-0.15, -0.1) is 0 Å². The van der Waals surface area contributed by atoms with Crippen molar-refractivity contribution in [1.82, 2.24) is 5.32 Å². The van der Waals surface area contributed by atoms with Crippen LogP contribution >= 0.6 is 11.8 Å². The maximum Gasteiger partial charge on any atom is 0.446 e. The largest absolute Gasteiger partial charge is 0.446 e. The van der Waals surface area contributed by atoms with Crippen molar-refractivity contribution in [3.05, 3.63) is 59.2 Å². The molecule has 3 amide bonds. The summed E-state index contributed by atoms with van der Waals surface area (Å²) < 4.78 is 64.1. The Morgan fingerprint density at radius 2 is 1.65 bits per heavy atom. The maximum atomic E-state index is 13.5. The molecule has 0 spiro atoms. The van der Waals surface area contributed by atoms with Crippen LogP contribution in [0.25, 0.3) is 0 Å². The van der Waals surface area contributed by atoms with Gasteiger partial charge in [0.05, 0.1) is 0 Å². The van der Waals surface area contributed by atoms with Crippen molar-refractivity contribution in [3.8, 4) is 0 Å². The summed E-state index contributed by atoms with van der Waals surface area (Å²) in [5, 5.41) is 3.95. The number of imide groups is 1. The van der Waals surface area contributed by atoms with Crippen molar-refractivity contribution >= 4 is 29.4 Å². The van der Waals surface area contributed by atoms with Gasteiger partial charge in [-0.3, -0.25) is 10.1 Å². The molecule has 0 unspecified atom stereocenters. The average Bonchev–Trinajstić information content (AvgIpc) is 2.48. The van der Waals surface area contributed by atoms with E-state index in [0.29, 0.717) is 0 Å². The van der Waals surface area contributed by atoms with Crippen LogP contribution < -0.4 is 10.6 Å². The monoisotopic (exact) mass is 390 g/mol. The molecule has 2 aromatic carbocycles. The zero-order valence-electron chi connectivity index (χ0n) is 13.1. The van der Waals surface area contributed by atoms with Crippen molar-refractivity contribution in [1.29, 1.82) is 0 Å². The van der Waals surface area contributed by atoms with Crippen LogP contribution in [0.2, 0.25) is 0 Å². The molecule has 0 aliphatic carbocycles. The summed E-state index contributed by atoms with van der Waals surface area (Å²) in [6, 6.07) is 5.31. The number of carbonyl (C=O) groups is 2. The van der Waals surface area contributed by atoms with E-state index < -0.39 is 34.6 Å². The predicted molar refractivity (Wildman–Crippen MR) is 85.9 cm³/mol. The topological polar surface area (TPSA) is 58.2 Å². The van der Waals surface area contributed by atoms with Crippen LogP contribution in [0.3, 0.4) is 0 Å². The number of nitrogens with one attached hydrogen (secondary N) is 2. The first-order valence-electron chi connectivity index (χ1n) is 6.99. The van der Waals surface area contributed by atoms with Gasteiger partial charge in [0.2, 0.25) is 0 Å². The Morgan fingerprint density at radius 1 is 1.04 bits per heavy atom. The Morgan fingerprint density at radius 3 is 2.19 bits per heavy atom. The number of hydrogen-bond acceptors (Lipinski definition) is 3. The smallest absolute Gasteiger partial charge is 0.308 e. The van der Waals surface area contributed by atoms with Gasteiger partial charge in [0.25, 0.3) is 5.91 Å². The van der Waals surface area contributed by atoms with E-state index in [4.69, 9.17) is 0 Å². The fourth-order valence-corrected chi connectivity index (χ4v) is 2.61. The van der Waals surface area contributed by atoms with E-state index in [1.807, 2.05) is 0 Å². The number of carbonyl (C=O) groups excluding carboxylic acids is 2. The molecule has 26 heavy (non-hydrogen) atoms. The molecule has 0 saturated heterocycles. The summed E-state index contributed by atoms with van der Waals surface area (Å²) in [6.07, 6.45) is 0. The molecule has 4 nitrogen and oxygen atoms in total. The van der Waals surface area contributed by atoms with E-state index in [-0.39, 0.29) is 27.9 Å². The van der Waals surface area contributed by atoms with Crippen LogP contribution in [0.1, 0.15) is 15.9 Å². The van der Waals surface area contributed by atoms with Gasteiger partial charge in [-0.1, -0.05) is 6.07 Å². The van der Waals surface area contributed by atoms with Gasteiger partial charge < -0.3 is 5.32 Å². The average molecular weight is 390 g/mol. The third-order valence-electron chi connectivity index (χ3n) is 3.08. The minimum absolute atomic E-state index is 0.0482. The Kier molecular flexibility index (Phi) is 5.86. The van der Waals surface area contributed by atoms with Gasteiger partial charge in [0.1, 0.15) is 17.2 Å². The molecule has 0 atom stereocenters. The highest BCUT2D eigenvalue weighted by molar-refractivity contribution is 8.00. The number of benzene rings is 2. The van der Waals surface area contributed by atoms with E-state index in [9.17, 15) is 31.5 Å². The summed E-state index contributed by atoms with van der Waals surface area (Å²) in [4.78, 5) is 23.5. The van der Waals surface area contributed by atoms with Crippen molar-refractivity contribution < 1.29 is 31.5 Å². The van der Waals surface area contributed by atoms with E-state index in [1.54, 1.807) is 5.32 Å². The first-order valence-corrected chi connectivity index (χ1v) is 7.81. The fraction of sp³-hybridized carbons (Fsp3) is 0.125. The van der Waals surface area contributed by atoms with Gasteiger partial charge in [-0.05, 0) is 54.6 Å². The molecule has 0 radical (unpaired) electrons. The van der Waals surface area contributed by atoms with Crippen LogP contribution in [-0.2, 0) is 0 Å². The Bertz CT molecular complexity index is 835. The molecular formula is C16H11F5N2O2S. The second-order valence-electron chi connectivity index (χ2n) is 5.03. The normalized spacial score (nSPS) is 11.2. The molecular weight excluding hydrogens is 379 g/mol. The number of hydrogen-bond donors (Lipinski definition) is 2. The van der Waals surface area contributed by atoms with E-state index in [1.165, 1.54) is 19.1 Å². The highest BCUT2D eigenvalue weighted by Gasteiger charge is 2.30. The predicted octanol–water partition coefficient (Wildman–Crippen LogP) is 4.85. The van der Waals surface area contributed by atoms with Crippen molar-refractivity contribution in [2.45, 2.75) is 17.3 Å². The minimum atomic E-state index is -4.45. The third-order valence-corrected chi connectivity index (χ3v) is 3.98. The molecule has 2 aromatic rings. The molecule has 2 N–H and O–H groups in total. The summed E-state index contributed by atoms with van der Waals surface area (Å²) in [5.41, 5.74) is -5.02. The molecule has 0 aliphatic rings. The Labute approximate surface area is 148 Å². The quantitative estimate of drug-likeness (QED) is 0.582. The summed E-state index contributed by atoms with van der Waals surface area (Å²) in [5.74, 6) is -3.57. The van der Waals surface area contributed by atoms with Crippen LogP contribution in [0.4, 0.5) is 32.4 Å². The molecule has 0 heterocycles. The molecule has 138 valence electrons. The van der Waals surface area contributed by atoms with E-state index >= 15 is 0 Å². The zero-order chi connectivity index (χ0) is 19.5. The molecule has 2 rings (SSSR count). The first-order chi connectivity index (χ1) is 12.1. The van der Waals surface area contributed by atoms with Crippen molar-refractivity contribution in [2.24, 2.45) is 0 Å². The highest BCUT2D eigenvalue weighted by Crippen LogP contribution is 2.38. The third kappa shape index (κ3) is 5.19. The lowest BCUT2D eigenvalue weighted by Crippen LogP contribution is -2.35. The molecule has 0 saturated carbocycles. The number of thioether (sulfide) groups is 1. The first kappa shape index (κ1) is 19.7. The SMILES string of the molecule is Cc1cc(NC(=O)NC(=O)c2c(F)cccc2F)ccc1SC(F)(F)F. The molecule has 0 bridgehead atoms. The standard InChI is InChI=1S/C16H11F5N2O2S/c1-8-7-9(5-6-12(8)26-16(19,20)21)22-15(25)23-14(24)13-10(17)3-2-4-11(13)18/h2-7H,1H3,(H2,22,23,24,25). The summed E-state index contributed by atoms with van der Waals surface area (Å²) in [6.45, 7) is 1.41. The van der Waals surface area contributed by atoms with Gasteiger partial charge in [-0.2, -0.15) is 13.2 Å². The summed E-state index contributed by atoms with van der Waals surface area (Å²) >= 11 is -0.300. The number of alkyl halides is 3. The number of amides is 3. The molecule has 10 heteroatoms. The van der Waals surface area contributed by atoms with Crippen molar-refractivity contribution in [2.75, 3.05) is 5.32 Å². The maximum absolute atomic E-state index is 13.5. The van der Waals surface area contributed by atoms with E-state index in [0.717, 1.165) is 24.3 Å². The van der Waals surface area contributed by atoms with Gasteiger partial charge in [0.15, 0.2) is 0 Å². The number of halogens is 5. The second kappa shape index (κ2) is 7.73. The molecule has 0 aliphatic heterocycles. The van der Waals surface area contributed by atoms with Crippen LogP contribution in [-0.4, -0.2) is 17.4 Å². The lowest BCUT2D eigenvalue weighted by Gasteiger charge is -2.11. The van der Waals surface area contributed by atoms with Crippen molar-refractivity contribution in [3.63, 3.8) is 0 Å². The lowest BCUT2D eigenvalue weighted by atomic mass is 10.2. The van der Waals surface area contributed by atoms with Crippen LogP contribution in [0.15, 0.2) is 41.3 Å². The lowest BCUT2D eigenvalue weighted by molar-refractivity contribution is -0.0328. The van der Waals surface area contributed by atoms with Crippen LogP contribution in [0, 0.1) is 18.6 Å². The highest BCUT2D eigenvalue weighted by atomic mass is 32.2. The number of anilines is 1. The zero-order valence-corrected chi connectivity index (χ0v) is 13.9. The molecule has 0 fully saturated rings. The van der Waals surface area contributed by atoms with Gasteiger partial charge >= 0.3 is 11.5 Å². The summed E-state index contributed by atoms with van der Waals surface area (Å²) in [7, 11) is 0. The molecule has 0 aromatic heterocycles. The Balaban J connectivity index is 2.06. The second-order valence-corrected chi connectivity index (χ2v) is 6.14. The fourth-order valence-electron chi connectivity index (χ4n) is 2.01. The van der Waals surface area contributed by atoms with Crippen LogP contribution in [0.5, 0.6) is 0 Å². The minimum Gasteiger partial charge on any atom is -0.308 e. The number of urea groups is 1. The van der Waals surface area contributed by atoms with E-state index in [2.05, 4.69) is 5.32 Å². The number of rotatable bonds is 3. The Hall–Kier alpha value is -2.62. The number of aryl methyl sites for hydroxylation is 1. The van der Waals surface area contributed by atoms with Gasteiger partial charge in [-0.25, -0.2) is 13.6 Å². The van der Waals surface area contributed by atoms with Gasteiger partial charge in [0, 0.05) is 10.6 Å².